The van der Waals surface area contributed by atoms with Crippen molar-refractivity contribution in [2.24, 2.45) is 0 Å². The number of esters is 1. The van der Waals surface area contributed by atoms with E-state index in [1.807, 2.05) is 0 Å². The van der Waals surface area contributed by atoms with E-state index in [2.05, 4.69) is 15.3 Å². The summed E-state index contributed by atoms with van der Waals surface area (Å²) in [5.41, 5.74) is 1.65. The molecule has 0 fully saturated rings. The molecule has 160 valence electrons. The number of benzene rings is 2. The van der Waals surface area contributed by atoms with Gasteiger partial charge in [0.2, 0.25) is 5.88 Å². The van der Waals surface area contributed by atoms with Gasteiger partial charge in [-0.15, -0.1) is 0 Å². The average Bonchev–Trinajstić information content (AvgIpc) is 2.78. The number of anilines is 1. The van der Waals surface area contributed by atoms with Crippen LogP contribution in [0.1, 0.15) is 20.7 Å². The molecule has 0 unspecified atom stereocenters. The van der Waals surface area contributed by atoms with Crippen molar-refractivity contribution in [3.63, 3.8) is 0 Å². The summed E-state index contributed by atoms with van der Waals surface area (Å²) in [6.07, 6.45) is 1.51. The second-order valence-corrected chi connectivity index (χ2v) is 6.95. The first-order chi connectivity index (χ1) is 14.9. The highest BCUT2D eigenvalue weighted by Gasteiger charge is 2.19. The van der Waals surface area contributed by atoms with Gasteiger partial charge in [0, 0.05) is 11.2 Å². The molecule has 1 N–H and O–H groups in total. The van der Waals surface area contributed by atoms with Gasteiger partial charge in [0.15, 0.2) is 0 Å². The summed E-state index contributed by atoms with van der Waals surface area (Å²) in [5, 5.41) is 3.26. The van der Waals surface area contributed by atoms with Gasteiger partial charge in [0.1, 0.15) is 0 Å². The molecule has 0 saturated heterocycles. The lowest BCUT2D eigenvalue weighted by atomic mass is 10.0. The SMILES string of the molecule is COC(=O)c1cc(-c2cnc(OC)nc2OC)ccc1NC(=O)c1ccc(Cl)cc1Cl. The Bertz CT molecular complexity index is 1150. The molecule has 1 aromatic heterocycles. The van der Waals surface area contributed by atoms with E-state index in [4.69, 9.17) is 37.4 Å². The fraction of sp³-hybridized carbons (Fsp3) is 0.143. The van der Waals surface area contributed by atoms with Gasteiger partial charge in [-0.25, -0.2) is 9.78 Å². The highest BCUT2D eigenvalue weighted by molar-refractivity contribution is 6.37. The smallest absolute Gasteiger partial charge is 0.339 e. The normalized spacial score (nSPS) is 10.4. The second-order valence-electron chi connectivity index (χ2n) is 6.11. The fourth-order valence-corrected chi connectivity index (χ4v) is 3.26. The summed E-state index contributed by atoms with van der Waals surface area (Å²) in [6, 6.07) is 9.41. The number of carbonyl (C=O) groups excluding carboxylic acids is 2. The molecule has 0 aliphatic heterocycles. The zero-order chi connectivity index (χ0) is 22.5. The Balaban J connectivity index is 2.01. The molecule has 3 aromatic rings. The number of carbonyl (C=O) groups is 2. The summed E-state index contributed by atoms with van der Waals surface area (Å²) in [6.45, 7) is 0. The van der Waals surface area contributed by atoms with Gasteiger partial charge in [-0.3, -0.25) is 4.79 Å². The van der Waals surface area contributed by atoms with Crippen molar-refractivity contribution in [3.05, 3.63) is 63.8 Å². The van der Waals surface area contributed by atoms with Gasteiger partial charge in [0.05, 0.1) is 48.7 Å². The minimum absolute atomic E-state index is 0.122. The van der Waals surface area contributed by atoms with Crippen LogP contribution in [0.15, 0.2) is 42.6 Å². The quantitative estimate of drug-likeness (QED) is 0.539. The van der Waals surface area contributed by atoms with Crippen LogP contribution in [0.25, 0.3) is 11.1 Å². The van der Waals surface area contributed by atoms with Gasteiger partial charge in [-0.05, 0) is 35.9 Å². The van der Waals surface area contributed by atoms with Gasteiger partial charge in [0.25, 0.3) is 5.91 Å². The lowest BCUT2D eigenvalue weighted by Gasteiger charge is -2.14. The van der Waals surface area contributed by atoms with Crippen LogP contribution in [0.5, 0.6) is 11.9 Å². The fourth-order valence-electron chi connectivity index (χ4n) is 2.77. The number of nitrogens with one attached hydrogen (secondary N) is 1. The van der Waals surface area contributed by atoms with Crippen molar-refractivity contribution in [2.75, 3.05) is 26.6 Å². The van der Waals surface area contributed by atoms with E-state index in [9.17, 15) is 9.59 Å². The third kappa shape index (κ3) is 4.87. The van der Waals surface area contributed by atoms with E-state index in [0.29, 0.717) is 16.1 Å². The molecule has 0 atom stereocenters. The number of amides is 1. The maximum absolute atomic E-state index is 12.7. The van der Waals surface area contributed by atoms with E-state index < -0.39 is 11.9 Å². The minimum atomic E-state index is -0.646. The van der Waals surface area contributed by atoms with Crippen molar-refractivity contribution in [1.82, 2.24) is 9.97 Å². The van der Waals surface area contributed by atoms with Crippen molar-refractivity contribution < 1.29 is 23.8 Å². The predicted octanol–water partition coefficient (Wildman–Crippen LogP) is 4.51. The molecule has 0 spiro atoms. The average molecular weight is 462 g/mol. The van der Waals surface area contributed by atoms with E-state index in [0.717, 1.165) is 0 Å². The molecule has 0 bridgehead atoms. The maximum atomic E-state index is 12.7. The Morgan fingerprint density at radius 3 is 2.39 bits per heavy atom. The molecule has 1 heterocycles. The molecule has 10 heteroatoms. The third-order valence-corrected chi connectivity index (χ3v) is 4.82. The van der Waals surface area contributed by atoms with Crippen molar-refractivity contribution in [1.29, 1.82) is 0 Å². The van der Waals surface area contributed by atoms with E-state index in [1.54, 1.807) is 24.3 Å². The number of ether oxygens (including phenoxy) is 3. The van der Waals surface area contributed by atoms with E-state index >= 15 is 0 Å². The molecule has 0 radical (unpaired) electrons. The molecule has 8 nitrogen and oxygen atoms in total. The summed E-state index contributed by atoms with van der Waals surface area (Å²) in [7, 11) is 4.14. The molecule has 0 aliphatic rings. The van der Waals surface area contributed by atoms with Crippen LogP contribution < -0.4 is 14.8 Å². The Labute approximate surface area is 188 Å². The van der Waals surface area contributed by atoms with E-state index in [1.165, 1.54) is 39.7 Å². The lowest BCUT2D eigenvalue weighted by molar-refractivity contribution is 0.0602. The summed E-state index contributed by atoms with van der Waals surface area (Å²) in [4.78, 5) is 33.3. The molecule has 0 saturated carbocycles. The van der Waals surface area contributed by atoms with Gasteiger partial charge in [-0.2, -0.15) is 4.98 Å². The van der Waals surface area contributed by atoms with Gasteiger partial charge >= 0.3 is 12.0 Å². The topological polar surface area (TPSA) is 99.6 Å². The van der Waals surface area contributed by atoms with Crippen LogP contribution in [-0.4, -0.2) is 43.2 Å². The number of aromatic nitrogens is 2. The Hall–Kier alpha value is -3.36. The molecular weight excluding hydrogens is 445 g/mol. The Morgan fingerprint density at radius 2 is 1.74 bits per heavy atom. The number of hydrogen-bond acceptors (Lipinski definition) is 7. The number of rotatable bonds is 6. The largest absolute Gasteiger partial charge is 0.480 e. The zero-order valence-corrected chi connectivity index (χ0v) is 18.2. The number of methoxy groups -OCH3 is 3. The molecule has 31 heavy (non-hydrogen) atoms. The van der Waals surface area contributed by atoms with Crippen LogP contribution in [0.4, 0.5) is 5.69 Å². The summed E-state index contributed by atoms with van der Waals surface area (Å²) in [5.74, 6) is -0.898. The highest BCUT2D eigenvalue weighted by atomic mass is 35.5. The zero-order valence-electron chi connectivity index (χ0n) is 16.7. The number of hydrogen-bond donors (Lipinski definition) is 1. The van der Waals surface area contributed by atoms with Crippen LogP contribution in [-0.2, 0) is 4.74 Å². The first-order valence-electron chi connectivity index (χ1n) is 8.82. The lowest BCUT2D eigenvalue weighted by Crippen LogP contribution is -2.16. The van der Waals surface area contributed by atoms with Crippen molar-refractivity contribution in [2.45, 2.75) is 0 Å². The van der Waals surface area contributed by atoms with Crippen LogP contribution >= 0.6 is 23.2 Å². The van der Waals surface area contributed by atoms with Crippen LogP contribution in [0.2, 0.25) is 10.0 Å². The first-order valence-corrected chi connectivity index (χ1v) is 9.57. The first kappa shape index (κ1) is 22.3. The predicted molar refractivity (Wildman–Crippen MR) is 116 cm³/mol. The molecule has 2 aromatic carbocycles. The number of nitrogens with zero attached hydrogens (tertiary/aromatic N) is 2. The number of halogens is 2. The molecule has 0 aliphatic carbocycles. The van der Waals surface area contributed by atoms with Crippen molar-refractivity contribution in [3.8, 4) is 23.0 Å². The van der Waals surface area contributed by atoms with E-state index in [-0.39, 0.29) is 33.7 Å². The Morgan fingerprint density at radius 1 is 0.968 bits per heavy atom. The molecule has 1 amide bonds. The minimum Gasteiger partial charge on any atom is -0.480 e. The van der Waals surface area contributed by atoms with Gasteiger partial charge in [-0.1, -0.05) is 29.3 Å². The third-order valence-electron chi connectivity index (χ3n) is 4.27. The van der Waals surface area contributed by atoms with Crippen LogP contribution in [0, 0.1) is 0 Å². The standard InChI is InChI=1S/C21H17Cl2N3O5/c1-29-19-15(10-24-21(26-19)31-3)11-4-7-17(14(8-11)20(28)30-2)25-18(27)13-6-5-12(22)9-16(13)23/h4-10H,1-3H3,(H,25,27). The molecular formula is C21H17Cl2N3O5. The van der Waals surface area contributed by atoms with Crippen molar-refractivity contribution >= 4 is 40.8 Å². The summed E-state index contributed by atoms with van der Waals surface area (Å²) >= 11 is 12.0. The Kier molecular flexibility index (Phi) is 6.94. The van der Waals surface area contributed by atoms with Gasteiger partial charge < -0.3 is 19.5 Å². The highest BCUT2D eigenvalue weighted by Crippen LogP contribution is 2.32. The second kappa shape index (κ2) is 9.63. The summed E-state index contributed by atoms with van der Waals surface area (Å²) < 4.78 is 15.2. The monoisotopic (exact) mass is 461 g/mol. The molecule has 3 rings (SSSR count). The van der Waals surface area contributed by atoms with Crippen LogP contribution in [0.3, 0.4) is 0 Å². The maximum Gasteiger partial charge on any atom is 0.339 e.